The Bertz CT molecular complexity index is 779. The average Bonchev–Trinajstić information content (AvgIpc) is 3.19. The Hall–Kier alpha value is -1.94. The number of carbonyl (C=O) groups is 1. The molecule has 0 aromatic heterocycles. The summed E-state index contributed by atoms with van der Waals surface area (Å²) in [7, 11) is -3.58. The van der Waals surface area contributed by atoms with Crippen molar-refractivity contribution in [1.82, 2.24) is 5.32 Å². The molecule has 24 heavy (non-hydrogen) atoms. The van der Waals surface area contributed by atoms with Crippen LogP contribution in [0.4, 0.5) is 4.39 Å². The van der Waals surface area contributed by atoms with E-state index in [1.54, 1.807) is 0 Å². The van der Waals surface area contributed by atoms with Crippen molar-refractivity contribution in [2.75, 3.05) is 12.3 Å². The van der Waals surface area contributed by atoms with Gasteiger partial charge in [-0.05, 0) is 61.3 Å². The molecule has 2 atom stereocenters. The average molecular weight is 350 g/mol. The van der Waals surface area contributed by atoms with Gasteiger partial charge in [0.2, 0.25) is 5.91 Å². The van der Waals surface area contributed by atoms with Gasteiger partial charge in [-0.2, -0.15) is 5.26 Å². The Morgan fingerprint density at radius 1 is 1.29 bits per heavy atom. The van der Waals surface area contributed by atoms with E-state index in [9.17, 15) is 17.6 Å². The molecule has 7 heteroatoms. The molecule has 0 heterocycles. The summed E-state index contributed by atoms with van der Waals surface area (Å²) in [6.07, 6.45) is 3.47. The quantitative estimate of drug-likeness (QED) is 0.650. The number of hydrogen-bond donors (Lipinski definition) is 1. The Morgan fingerprint density at radius 3 is 2.54 bits per heavy atom. The van der Waals surface area contributed by atoms with E-state index >= 15 is 0 Å². The zero-order valence-electron chi connectivity index (χ0n) is 13.2. The van der Waals surface area contributed by atoms with Crippen molar-refractivity contribution in [2.24, 2.45) is 17.3 Å². The number of benzene rings is 1. The lowest BCUT2D eigenvalue weighted by Gasteiger charge is -2.18. The standard InChI is InChI=1S/C17H19FN2O3S/c18-13-1-3-14(4-2-13)24(22,23)11-12-9-17(5-6-17)10-15(12)16(21)20-8-7-19/h1-4,12,15H,5-6,8-11H2,(H,20,21)/t12?,15-/m0/s1. The highest BCUT2D eigenvalue weighted by molar-refractivity contribution is 7.91. The van der Waals surface area contributed by atoms with E-state index in [0.29, 0.717) is 6.42 Å². The van der Waals surface area contributed by atoms with Gasteiger partial charge in [0, 0.05) is 5.92 Å². The number of amides is 1. The SMILES string of the molecule is N#CCNC(=O)[C@H]1CC2(CC2)CC1CS(=O)(=O)c1ccc(F)cc1. The number of nitriles is 1. The molecule has 0 aliphatic heterocycles. The Morgan fingerprint density at radius 2 is 1.96 bits per heavy atom. The fourth-order valence-corrected chi connectivity index (χ4v) is 5.42. The fourth-order valence-electron chi connectivity index (χ4n) is 3.76. The molecular formula is C17H19FN2O3S. The van der Waals surface area contributed by atoms with Crippen molar-refractivity contribution < 1.29 is 17.6 Å². The first kappa shape index (κ1) is 16.9. The summed E-state index contributed by atoms with van der Waals surface area (Å²) in [4.78, 5) is 12.4. The summed E-state index contributed by atoms with van der Waals surface area (Å²) in [6.45, 7) is -0.0697. The molecule has 2 aliphatic carbocycles. The second kappa shape index (κ2) is 6.17. The van der Waals surface area contributed by atoms with E-state index in [0.717, 1.165) is 31.4 Å². The summed E-state index contributed by atoms with van der Waals surface area (Å²) >= 11 is 0. The molecule has 2 fully saturated rings. The van der Waals surface area contributed by atoms with E-state index in [-0.39, 0.29) is 40.4 Å². The molecule has 1 aromatic carbocycles. The molecule has 1 spiro atoms. The second-order valence-corrected chi connectivity index (χ2v) is 8.92. The predicted octanol–water partition coefficient (Wildman–Crippen LogP) is 2.05. The van der Waals surface area contributed by atoms with Crippen LogP contribution in [0, 0.1) is 34.4 Å². The highest BCUT2D eigenvalue weighted by Crippen LogP contribution is 2.61. The Labute approximate surface area is 140 Å². The van der Waals surface area contributed by atoms with Crippen LogP contribution in [0.25, 0.3) is 0 Å². The summed E-state index contributed by atoms with van der Waals surface area (Å²) in [5.74, 6) is -1.48. The molecule has 2 aliphatic rings. The van der Waals surface area contributed by atoms with Crippen molar-refractivity contribution in [3.05, 3.63) is 30.1 Å². The number of sulfone groups is 1. The summed E-state index contributed by atoms with van der Waals surface area (Å²) in [5, 5.41) is 11.2. The minimum Gasteiger partial charge on any atom is -0.343 e. The number of nitrogens with one attached hydrogen (secondary N) is 1. The normalized spacial score (nSPS) is 24.5. The van der Waals surface area contributed by atoms with Gasteiger partial charge in [0.1, 0.15) is 12.4 Å². The third-order valence-corrected chi connectivity index (χ3v) is 7.02. The van der Waals surface area contributed by atoms with Crippen LogP contribution in [0.15, 0.2) is 29.2 Å². The largest absolute Gasteiger partial charge is 0.343 e. The molecule has 128 valence electrons. The number of carbonyl (C=O) groups excluding carboxylic acids is 1. The Balaban J connectivity index is 1.77. The number of hydrogen-bond acceptors (Lipinski definition) is 4. The summed E-state index contributed by atoms with van der Waals surface area (Å²) < 4.78 is 38.2. The topological polar surface area (TPSA) is 87.0 Å². The maximum atomic E-state index is 13.0. The monoisotopic (exact) mass is 350 g/mol. The van der Waals surface area contributed by atoms with E-state index in [2.05, 4.69) is 5.32 Å². The predicted molar refractivity (Wildman–Crippen MR) is 85.0 cm³/mol. The fraction of sp³-hybridized carbons (Fsp3) is 0.529. The number of halogens is 1. The maximum Gasteiger partial charge on any atom is 0.224 e. The minimum absolute atomic E-state index is 0.0697. The van der Waals surface area contributed by atoms with Gasteiger partial charge in [-0.3, -0.25) is 4.79 Å². The first-order valence-corrected chi connectivity index (χ1v) is 9.63. The molecule has 1 unspecified atom stereocenters. The van der Waals surface area contributed by atoms with Gasteiger partial charge in [-0.15, -0.1) is 0 Å². The van der Waals surface area contributed by atoms with Crippen LogP contribution in [0.1, 0.15) is 25.7 Å². The highest BCUT2D eigenvalue weighted by atomic mass is 32.2. The van der Waals surface area contributed by atoms with E-state index in [1.165, 1.54) is 12.1 Å². The zero-order valence-corrected chi connectivity index (χ0v) is 14.0. The van der Waals surface area contributed by atoms with Gasteiger partial charge in [0.05, 0.1) is 16.7 Å². The van der Waals surface area contributed by atoms with Crippen molar-refractivity contribution in [3.8, 4) is 6.07 Å². The van der Waals surface area contributed by atoms with Gasteiger partial charge in [0.25, 0.3) is 0 Å². The van der Waals surface area contributed by atoms with Crippen LogP contribution in [0.5, 0.6) is 0 Å². The van der Waals surface area contributed by atoms with Crippen molar-refractivity contribution in [3.63, 3.8) is 0 Å². The van der Waals surface area contributed by atoms with Gasteiger partial charge in [-0.1, -0.05) is 0 Å². The molecule has 1 amide bonds. The highest BCUT2D eigenvalue weighted by Gasteiger charge is 2.55. The molecule has 0 bridgehead atoms. The van der Waals surface area contributed by atoms with Gasteiger partial charge < -0.3 is 5.32 Å². The third-order valence-electron chi connectivity index (χ3n) is 5.16. The lowest BCUT2D eigenvalue weighted by molar-refractivity contribution is -0.125. The van der Waals surface area contributed by atoms with Crippen molar-refractivity contribution in [1.29, 1.82) is 5.26 Å². The van der Waals surface area contributed by atoms with Crippen LogP contribution >= 0.6 is 0 Å². The smallest absolute Gasteiger partial charge is 0.224 e. The van der Waals surface area contributed by atoms with Gasteiger partial charge in [0.15, 0.2) is 9.84 Å². The summed E-state index contributed by atoms with van der Waals surface area (Å²) in [5.41, 5.74) is 0.109. The van der Waals surface area contributed by atoms with E-state index in [4.69, 9.17) is 5.26 Å². The molecule has 0 radical (unpaired) electrons. The lowest BCUT2D eigenvalue weighted by atomic mass is 9.97. The molecule has 1 aromatic rings. The van der Waals surface area contributed by atoms with E-state index < -0.39 is 15.7 Å². The Kier molecular flexibility index (Phi) is 4.35. The number of nitrogens with zero attached hydrogens (tertiary/aromatic N) is 1. The van der Waals surface area contributed by atoms with Crippen LogP contribution in [0.2, 0.25) is 0 Å². The minimum atomic E-state index is -3.58. The third kappa shape index (κ3) is 3.44. The van der Waals surface area contributed by atoms with Crippen LogP contribution in [0.3, 0.4) is 0 Å². The van der Waals surface area contributed by atoms with Crippen LogP contribution < -0.4 is 5.32 Å². The van der Waals surface area contributed by atoms with E-state index in [1.807, 2.05) is 6.07 Å². The van der Waals surface area contributed by atoms with Crippen LogP contribution in [-0.4, -0.2) is 26.6 Å². The first-order valence-electron chi connectivity index (χ1n) is 7.98. The summed E-state index contributed by atoms with van der Waals surface area (Å²) in [6, 6.07) is 6.64. The zero-order chi connectivity index (χ0) is 17.4. The molecule has 3 rings (SSSR count). The molecule has 5 nitrogen and oxygen atoms in total. The molecule has 0 saturated heterocycles. The van der Waals surface area contributed by atoms with Crippen molar-refractivity contribution >= 4 is 15.7 Å². The maximum absolute atomic E-state index is 13.0. The lowest BCUT2D eigenvalue weighted by Crippen LogP contribution is -2.35. The first-order chi connectivity index (χ1) is 11.4. The van der Waals surface area contributed by atoms with Gasteiger partial charge in [-0.25, -0.2) is 12.8 Å². The molecule has 1 N–H and O–H groups in total. The van der Waals surface area contributed by atoms with Gasteiger partial charge >= 0.3 is 0 Å². The van der Waals surface area contributed by atoms with Crippen molar-refractivity contribution in [2.45, 2.75) is 30.6 Å². The molecular weight excluding hydrogens is 331 g/mol. The number of rotatable bonds is 5. The van der Waals surface area contributed by atoms with Crippen LogP contribution in [-0.2, 0) is 14.6 Å². The second-order valence-electron chi connectivity index (χ2n) is 6.89. The molecule has 2 saturated carbocycles.